The monoisotopic (exact) mass is 230 g/mol. The van der Waals surface area contributed by atoms with Gasteiger partial charge in [-0.2, -0.15) is 0 Å². The Morgan fingerprint density at radius 2 is 2.12 bits per heavy atom. The third-order valence-corrected chi connectivity index (χ3v) is 2.87. The lowest BCUT2D eigenvalue weighted by Crippen LogP contribution is -2.21. The lowest BCUT2D eigenvalue weighted by Gasteiger charge is -2.26. The van der Waals surface area contributed by atoms with E-state index in [1.165, 1.54) is 6.92 Å². The lowest BCUT2D eigenvalue weighted by atomic mass is 9.96. The Hall–Kier alpha value is -1.19. The molecule has 1 nitrogen and oxygen atoms in total. The summed E-state index contributed by atoms with van der Waals surface area (Å²) in [5.74, 6) is -0.792. The van der Waals surface area contributed by atoms with Crippen molar-refractivity contribution in [1.82, 2.24) is 0 Å². The van der Waals surface area contributed by atoms with Crippen LogP contribution in [-0.4, -0.2) is 6.10 Å². The maximum Gasteiger partial charge on any atom is 0.270 e. The molecule has 0 saturated heterocycles. The van der Waals surface area contributed by atoms with Crippen molar-refractivity contribution in [3.05, 3.63) is 28.6 Å². The van der Waals surface area contributed by atoms with E-state index in [0.717, 1.165) is 6.42 Å². The summed E-state index contributed by atoms with van der Waals surface area (Å²) in [6.45, 7) is 3.30. The van der Waals surface area contributed by atoms with Crippen LogP contribution in [0.3, 0.4) is 0 Å². The third kappa shape index (κ3) is 1.77. The van der Waals surface area contributed by atoms with Gasteiger partial charge >= 0.3 is 0 Å². The van der Waals surface area contributed by atoms with E-state index in [1.807, 2.05) is 0 Å². The number of aryl methyl sites for hydroxylation is 2. The van der Waals surface area contributed by atoms with E-state index in [9.17, 15) is 13.2 Å². The molecule has 0 aliphatic carbocycles. The molecule has 1 unspecified atom stereocenters. The fourth-order valence-corrected chi connectivity index (χ4v) is 2.01. The largest absolute Gasteiger partial charge is 0.490 e. The Balaban J connectivity index is 2.60. The molecule has 1 aliphatic rings. The van der Waals surface area contributed by atoms with E-state index in [-0.39, 0.29) is 17.4 Å². The van der Waals surface area contributed by atoms with Gasteiger partial charge in [-0.15, -0.1) is 0 Å². The molecule has 0 N–H and O–H groups in total. The summed E-state index contributed by atoms with van der Waals surface area (Å²) in [5.41, 5.74) is 0.362. The molecule has 1 heterocycles. The molecule has 0 spiro atoms. The number of alkyl halides is 2. The van der Waals surface area contributed by atoms with Gasteiger partial charge in [0.25, 0.3) is 6.43 Å². The van der Waals surface area contributed by atoms with Crippen LogP contribution in [-0.2, 0) is 6.42 Å². The van der Waals surface area contributed by atoms with Crippen LogP contribution in [0.25, 0.3) is 0 Å². The van der Waals surface area contributed by atoms with Crippen LogP contribution in [0.1, 0.15) is 36.5 Å². The third-order valence-electron chi connectivity index (χ3n) is 2.87. The lowest BCUT2D eigenvalue weighted by molar-refractivity contribution is 0.128. The molecule has 0 radical (unpaired) electrons. The number of benzene rings is 1. The fourth-order valence-electron chi connectivity index (χ4n) is 2.01. The van der Waals surface area contributed by atoms with Crippen LogP contribution in [0.15, 0.2) is 6.07 Å². The standard InChI is InChI=1S/C12H13F3O/c1-6-5-8-4-3-7(2)16-11(8)9(10(6)13)12(14)15/h5,7,12H,3-4H2,1-2H3. The second-order valence-electron chi connectivity index (χ2n) is 4.18. The molecule has 0 bridgehead atoms. The first-order valence-corrected chi connectivity index (χ1v) is 5.27. The summed E-state index contributed by atoms with van der Waals surface area (Å²) < 4.78 is 44.6. The molecule has 4 heteroatoms. The molecule has 1 aliphatic heterocycles. The van der Waals surface area contributed by atoms with E-state index >= 15 is 0 Å². The molecule has 0 saturated carbocycles. The van der Waals surface area contributed by atoms with Crippen LogP contribution in [0.2, 0.25) is 0 Å². The number of fused-ring (bicyclic) bond motifs is 1. The molecule has 0 aromatic heterocycles. The predicted molar refractivity (Wildman–Crippen MR) is 54.5 cm³/mol. The van der Waals surface area contributed by atoms with Gasteiger partial charge < -0.3 is 4.74 Å². The van der Waals surface area contributed by atoms with E-state index < -0.39 is 17.8 Å². The van der Waals surface area contributed by atoms with E-state index in [2.05, 4.69) is 0 Å². The molecular weight excluding hydrogens is 217 g/mol. The smallest absolute Gasteiger partial charge is 0.270 e. The highest BCUT2D eigenvalue weighted by Gasteiger charge is 2.28. The minimum Gasteiger partial charge on any atom is -0.490 e. The zero-order valence-corrected chi connectivity index (χ0v) is 9.19. The SMILES string of the molecule is Cc1cc2c(c(C(F)F)c1F)OC(C)CC2. The first-order chi connectivity index (χ1) is 7.50. The Morgan fingerprint density at radius 1 is 1.44 bits per heavy atom. The highest BCUT2D eigenvalue weighted by atomic mass is 19.3. The van der Waals surface area contributed by atoms with Gasteiger partial charge in [0.2, 0.25) is 0 Å². The molecule has 16 heavy (non-hydrogen) atoms. The maximum absolute atomic E-state index is 13.6. The molecule has 88 valence electrons. The van der Waals surface area contributed by atoms with Gasteiger partial charge in [-0.25, -0.2) is 13.2 Å². The maximum atomic E-state index is 13.6. The minimum atomic E-state index is -2.83. The molecule has 0 fully saturated rings. The highest BCUT2D eigenvalue weighted by Crippen LogP contribution is 2.39. The molecule has 2 rings (SSSR count). The van der Waals surface area contributed by atoms with Crippen molar-refractivity contribution in [3.63, 3.8) is 0 Å². The predicted octanol–water partition coefficient (Wildman–Crippen LogP) is 3.79. The summed E-state index contributed by atoms with van der Waals surface area (Å²) in [6, 6.07) is 1.60. The second kappa shape index (κ2) is 4.00. The summed E-state index contributed by atoms with van der Waals surface area (Å²) in [7, 11) is 0. The van der Waals surface area contributed by atoms with Crippen molar-refractivity contribution < 1.29 is 17.9 Å². The van der Waals surface area contributed by atoms with Crippen LogP contribution in [0.5, 0.6) is 5.75 Å². The number of hydrogen-bond acceptors (Lipinski definition) is 1. The summed E-state index contributed by atoms with van der Waals surface area (Å²) in [5, 5.41) is 0. The fraction of sp³-hybridized carbons (Fsp3) is 0.500. The first-order valence-electron chi connectivity index (χ1n) is 5.27. The number of halogens is 3. The van der Waals surface area contributed by atoms with Crippen molar-refractivity contribution in [2.45, 2.75) is 39.2 Å². The van der Waals surface area contributed by atoms with Gasteiger partial charge in [-0.3, -0.25) is 0 Å². The van der Waals surface area contributed by atoms with Gasteiger partial charge in [0.05, 0.1) is 11.7 Å². The first kappa shape index (κ1) is 11.3. The molecular formula is C12H13F3O. The Bertz CT molecular complexity index is 415. The van der Waals surface area contributed by atoms with Crippen molar-refractivity contribution in [2.75, 3.05) is 0 Å². The van der Waals surface area contributed by atoms with Crippen molar-refractivity contribution in [2.24, 2.45) is 0 Å². The summed E-state index contributed by atoms with van der Waals surface area (Å²) >= 11 is 0. The molecule has 1 aromatic carbocycles. The Labute approximate surface area is 92.2 Å². The Kier molecular flexibility index (Phi) is 2.82. The minimum absolute atomic E-state index is 0.0526. The van der Waals surface area contributed by atoms with Gasteiger partial charge in [0, 0.05) is 0 Å². The normalized spacial score (nSPS) is 19.5. The van der Waals surface area contributed by atoms with Gasteiger partial charge in [0.1, 0.15) is 11.6 Å². The van der Waals surface area contributed by atoms with Gasteiger partial charge in [0.15, 0.2) is 0 Å². The van der Waals surface area contributed by atoms with Crippen molar-refractivity contribution >= 4 is 0 Å². The van der Waals surface area contributed by atoms with Crippen LogP contribution < -0.4 is 4.74 Å². The second-order valence-corrected chi connectivity index (χ2v) is 4.18. The van der Waals surface area contributed by atoms with E-state index in [4.69, 9.17) is 4.74 Å². The number of ether oxygens (including phenoxy) is 1. The van der Waals surface area contributed by atoms with Crippen molar-refractivity contribution in [1.29, 1.82) is 0 Å². The molecule has 1 aromatic rings. The average molecular weight is 230 g/mol. The van der Waals surface area contributed by atoms with E-state index in [0.29, 0.717) is 12.0 Å². The summed E-state index contributed by atoms with van der Waals surface area (Å²) in [6.07, 6.45) is -1.52. The number of hydrogen-bond donors (Lipinski definition) is 0. The number of rotatable bonds is 1. The zero-order chi connectivity index (χ0) is 11.9. The molecule has 1 atom stereocenters. The quantitative estimate of drug-likeness (QED) is 0.713. The van der Waals surface area contributed by atoms with Crippen LogP contribution in [0, 0.1) is 12.7 Å². The van der Waals surface area contributed by atoms with Gasteiger partial charge in [-0.05, 0) is 43.9 Å². The zero-order valence-electron chi connectivity index (χ0n) is 9.19. The van der Waals surface area contributed by atoms with Crippen LogP contribution >= 0.6 is 0 Å². The summed E-state index contributed by atoms with van der Waals surface area (Å²) in [4.78, 5) is 0. The van der Waals surface area contributed by atoms with Crippen molar-refractivity contribution in [3.8, 4) is 5.75 Å². The average Bonchev–Trinajstić information content (AvgIpc) is 2.20. The molecule has 0 amide bonds. The van der Waals surface area contributed by atoms with E-state index in [1.54, 1.807) is 13.0 Å². The highest BCUT2D eigenvalue weighted by molar-refractivity contribution is 5.47. The Morgan fingerprint density at radius 3 is 2.75 bits per heavy atom. The van der Waals surface area contributed by atoms with Gasteiger partial charge in [-0.1, -0.05) is 0 Å². The topological polar surface area (TPSA) is 9.23 Å². The van der Waals surface area contributed by atoms with Crippen LogP contribution in [0.4, 0.5) is 13.2 Å².